The molecule has 190 valence electrons. The molecule has 1 aromatic heterocycles. The Bertz CT molecular complexity index is 1350. The number of Topliss-reactive ketones (excluding diaryl/α,β-unsaturated/α-hetero) is 1. The molecule has 0 bridgehead atoms. The Hall–Kier alpha value is -5.00. The normalized spacial score (nSPS) is 14.8. The maximum Gasteiger partial charge on any atom is 0.379 e. The maximum absolute atomic E-state index is 12.5. The number of ketones is 1. The second-order valence-corrected chi connectivity index (χ2v) is 7.94. The van der Waals surface area contributed by atoms with Crippen LogP contribution in [0.25, 0.3) is 0 Å². The third-order valence-corrected chi connectivity index (χ3v) is 5.58. The van der Waals surface area contributed by atoms with E-state index in [2.05, 4.69) is 0 Å². The largest absolute Gasteiger partial charge is 0.494 e. The molecule has 4 rings (SSSR count). The number of benzene rings is 2. The van der Waals surface area contributed by atoms with Gasteiger partial charge in [0.15, 0.2) is 12.4 Å². The topological polar surface area (TPSA) is 155 Å². The average Bonchev–Trinajstić information content (AvgIpc) is 3.57. The van der Waals surface area contributed by atoms with Gasteiger partial charge in [0.2, 0.25) is 11.7 Å². The van der Waals surface area contributed by atoms with Gasteiger partial charge in [-0.2, -0.15) is 0 Å². The summed E-state index contributed by atoms with van der Waals surface area (Å²) in [5.74, 6) is -2.79. The second-order valence-electron chi connectivity index (χ2n) is 7.94. The summed E-state index contributed by atoms with van der Waals surface area (Å²) in [5.41, 5.74) is 0.313. The van der Waals surface area contributed by atoms with Gasteiger partial charge < -0.3 is 23.5 Å². The van der Waals surface area contributed by atoms with Gasteiger partial charge in [0.25, 0.3) is 5.69 Å². The number of ether oxygens (including phenoxy) is 3. The Morgan fingerprint density at radius 1 is 1.14 bits per heavy atom. The first-order valence-electron chi connectivity index (χ1n) is 10.9. The molecule has 1 atom stereocenters. The standard InChI is InChI=1S/C25H20N2O10/c1-34-22-12-17(27(32)33)6-9-19(22)26-13-16(11-23(26)29)24(30)36-14-20(28)15-4-7-18(8-5-15)37-25(31)21-3-2-10-35-21/h2-10,12,16H,11,13-14H2,1H3/t16-/m0/s1. The molecule has 0 spiro atoms. The van der Waals surface area contributed by atoms with Crippen LogP contribution in [0.15, 0.2) is 65.3 Å². The van der Waals surface area contributed by atoms with Crippen molar-refractivity contribution in [2.24, 2.45) is 5.92 Å². The summed E-state index contributed by atoms with van der Waals surface area (Å²) in [6, 6.07) is 12.5. The number of anilines is 1. The van der Waals surface area contributed by atoms with Crippen LogP contribution in [0.3, 0.4) is 0 Å². The van der Waals surface area contributed by atoms with Crippen molar-refractivity contribution in [1.82, 2.24) is 0 Å². The smallest absolute Gasteiger partial charge is 0.379 e. The lowest BCUT2D eigenvalue weighted by Gasteiger charge is -2.19. The number of nitro benzene ring substituents is 1. The summed E-state index contributed by atoms with van der Waals surface area (Å²) in [4.78, 5) is 61.2. The summed E-state index contributed by atoms with van der Waals surface area (Å²) in [5, 5.41) is 11.0. The van der Waals surface area contributed by atoms with Crippen molar-refractivity contribution < 1.29 is 42.7 Å². The van der Waals surface area contributed by atoms with Gasteiger partial charge in [0, 0.05) is 24.6 Å². The molecule has 0 unspecified atom stereocenters. The highest BCUT2D eigenvalue weighted by molar-refractivity contribution is 6.02. The van der Waals surface area contributed by atoms with Gasteiger partial charge in [-0.1, -0.05) is 0 Å². The highest BCUT2D eigenvalue weighted by Crippen LogP contribution is 2.36. The number of rotatable bonds is 9. The van der Waals surface area contributed by atoms with E-state index in [9.17, 15) is 29.3 Å². The van der Waals surface area contributed by atoms with Crippen molar-refractivity contribution >= 4 is 35.0 Å². The van der Waals surface area contributed by atoms with E-state index in [4.69, 9.17) is 18.6 Å². The zero-order chi connectivity index (χ0) is 26.5. The first-order chi connectivity index (χ1) is 17.8. The fraction of sp³-hybridized carbons (Fsp3) is 0.200. The molecule has 3 aromatic rings. The van der Waals surface area contributed by atoms with E-state index >= 15 is 0 Å². The molecule has 1 fully saturated rings. The Kier molecular flexibility index (Phi) is 7.28. The first-order valence-corrected chi connectivity index (χ1v) is 10.9. The molecule has 12 heteroatoms. The zero-order valence-corrected chi connectivity index (χ0v) is 19.4. The molecule has 1 saturated heterocycles. The van der Waals surface area contributed by atoms with Gasteiger partial charge in [-0.15, -0.1) is 0 Å². The molecule has 1 amide bonds. The molecule has 0 N–H and O–H groups in total. The number of nitrogens with zero attached hydrogens (tertiary/aromatic N) is 2. The van der Waals surface area contributed by atoms with E-state index in [0.717, 1.165) is 0 Å². The van der Waals surface area contributed by atoms with Crippen LogP contribution in [0.4, 0.5) is 11.4 Å². The van der Waals surface area contributed by atoms with E-state index in [1.807, 2.05) is 0 Å². The number of carbonyl (C=O) groups is 4. The lowest BCUT2D eigenvalue weighted by Crippen LogP contribution is -2.27. The molecule has 1 aliphatic heterocycles. The fourth-order valence-electron chi connectivity index (χ4n) is 3.70. The Labute approximate surface area is 209 Å². The number of methoxy groups -OCH3 is 1. The van der Waals surface area contributed by atoms with Crippen molar-refractivity contribution in [2.75, 3.05) is 25.2 Å². The molecule has 0 saturated carbocycles. The van der Waals surface area contributed by atoms with Gasteiger partial charge in [-0.25, -0.2) is 4.79 Å². The Morgan fingerprint density at radius 2 is 1.89 bits per heavy atom. The van der Waals surface area contributed by atoms with Crippen LogP contribution >= 0.6 is 0 Å². The first kappa shape index (κ1) is 25.1. The summed E-state index contributed by atoms with van der Waals surface area (Å²) in [7, 11) is 1.32. The van der Waals surface area contributed by atoms with E-state index in [1.54, 1.807) is 6.07 Å². The molecule has 2 heterocycles. The number of hydrogen-bond acceptors (Lipinski definition) is 10. The monoisotopic (exact) mass is 508 g/mol. The third kappa shape index (κ3) is 5.64. The van der Waals surface area contributed by atoms with Crippen LogP contribution < -0.4 is 14.4 Å². The van der Waals surface area contributed by atoms with Crippen molar-refractivity contribution in [3.63, 3.8) is 0 Å². The summed E-state index contributed by atoms with van der Waals surface area (Å²) in [6.45, 7) is -0.578. The number of hydrogen-bond donors (Lipinski definition) is 0. The van der Waals surface area contributed by atoms with Crippen LogP contribution in [0, 0.1) is 16.0 Å². The molecule has 12 nitrogen and oxygen atoms in total. The summed E-state index contributed by atoms with van der Waals surface area (Å²) in [6.07, 6.45) is 1.19. The zero-order valence-electron chi connectivity index (χ0n) is 19.4. The van der Waals surface area contributed by atoms with Crippen LogP contribution in [-0.4, -0.2) is 48.8 Å². The van der Waals surface area contributed by atoms with E-state index in [1.165, 1.54) is 66.8 Å². The minimum absolute atomic E-state index is 0.0306. The molecule has 2 aromatic carbocycles. The second kappa shape index (κ2) is 10.7. The number of carbonyl (C=O) groups excluding carboxylic acids is 4. The minimum atomic E-state index is -0.830. The third-order valence-electron chi connectivity index (χ3n) is 5.58. The van der Waals surface area contributed by atoms with E-state index in [0.29, 0.717) is 0 Å². The van der Waals surface area contributed by atoms with Gasteiger partial charge in [-0.05, 0) is 42.5 Å². The van der Waals surface area contributed by atoms with E-state index < -0.39 is 35.2 Å². The maximum atomic E-state index is 12.5. The predicted molar refractivity (Wildman–Crippen MR) is 126 cm³/mol. The summed E-state index contributed by atoms with van der Waals surface area (Å²) < 4.78 is 20.4. The van der Waals surface area contributed by atoms with Crippen molar-refractivity contribution in [3.05, 3.63) is 82.3 Å². The lowest BCUT2D eigenvalue weighted by molar-refractivity contribution is -0.384. The average molecular weight is 508 g/mol. The van der Waals surface area contributed by atoms with Gasteiger partial charge >= 0.3 is 11.9 Å². The van der Waals surface area contributed by atoms with Gasteiger partial charge in [-0.3, -0.25) is 24.5 Å². The molecule has 0 aliphatic carbocycles. The van der Waals surface area contributed by atoms with Crippen molar-refractivity contribution in [2.45, 2.75) is 6.42 Å². The van der Waals surface area contributed by atoms with Crippen molar-refractivity contribution in [1.29, 1.82) is 0 Å². The molecular formula is C25H20N2O10. The molecular weight excluding hydrogens is 488 g/mol. The van der Waals surface area contributed by atoms with Gasteiger partial charge in [0.05, 0.1) is 36.0 Å². The lowest BCUT2D eigenvalue weighted by atomic mass is 10.1. The number of amides is 1. The quantitative estimate of drug-likeness (QED) is 0.138. The minimum Gasteiger partial charge on any atom is -0.494 e. The number of furan rings is 1. The molecule has 37 heavy (non-hydrogen) atoms. The number of nitro groups is 1. The fourth-order valence-corrected chi connectivity index (χ4v) is 3.70. The van der Waals surface area contributed by atoms with Gasteiger partial charge in [0.1, 0.15) is 11.5 Å². The van der Waals surface area contributed by atoms with Crippen LogP contribution in [0.1, 0.15) is 27.3 Å². The van der Waals surface area contributed by atoms with Crippen LogP contribution in [0.2, 0.25) is 0 Å². The number of non-ortho nitro benzene ring substituents is 1. The highest BCUT2D eigenvalue weighted by atomic mass is 16.6. The predicted octanol–water partition coefficient (Wildman–Crippen LogP) is 3.19. The highest BCUT2D eigenvalue weighted by Gasteiger charge is 2.37. The molecule has 1 aliphatic rings. The van der Waals surface area contributed by atoms with Crippen LogP contribution in [0.5, 0.6) is 11.5 Å². The van der Waals surface area contributed by atoms with Crippen molar-refractivity contribution in [3.8, 4) is 11.5 Å². The SMILES string of the molecule is COc1cc([N+](=O)[O-])ccc1N1C[C@@H](C(=O)OCC(=O)c2ccc(OC(=O)c3ccco3)cc2)CC1=O. The molecule has 0 radical (unpaired) electrons. The Balaban J connectivity index is 1.32. The van der Waals surface area contributed by atoms with E-state index in [-0.39, 0.29) is 53.1 Å². The summed E-state index contributed by atoms with van der Waals surface area (Å²) >= 11 is 0. The van der Waals surface area contributed by atoms with Crippen LogP contribution in [-0.2, 0) is 14.3 Å². The Morgan fingerprint density at radius 3 is 2.54 bits per heavy atom. The number of esters is 2.